The van der Waals surface area contributed by atoms with Gasteiger partial charge in [0.1, 0.15) is 5.69 Å². The molecular formula is C24H33N3O4. The maximum Gasteiger partial charge on any atom is 0.354 e. The van der Waals surface area contributed by atoms with Gasteiger partial charge in [0.05, 0.1) is 12.6 Å². The van der Waals surface area contributed by atoms with Crippen molar-refractivity contribution in [3.63, 3.8) is 0 Å². The number of aromatic nitrogens is 1. The second-order valence-corrected chi connectivity index (χ2v) is 8.74. The molecule has 1 aromatic carbocycles. The van der Waals surface area contributed by atoms with Gasteiger partial charge in [-0.15, -0.1) is 0 Å². The Labute approximate surface area is 183 Å². The summed E-state index contributed by atoms with van der Waals surface area (Å²) in [4.78, 5) is 28.3. The molecule has 1 saturated heterocycles. The zero-order chi connectivity index (χ0) is 21.6. The van der Waals surface area contributed by atoms with Gasteiger partial charge in [-0.05, 0) is 49.1 Å². The number of esters is 1. The molecule has 2 aliphatic rings. The van der Waals surface area contributed by atoms with E-state index in [9.17, 15) is 9.59 Å². The topological polar surface area (TPSA) is 92.4 Å². The number of rotatable bonds is 8. The lowest BCUT2D eigenvalue weighted by Gasteiger charge is -2.30. The van der Waals surface area contributed by atoms with E-state index in [-0.39, 0.29) is 17.9 Å². The molecule has 3 N–H and O–H groups in total. The predicted molar refractivity (Wildman–Crippen MR) is 120 cm³/mol. The van der Waals surface area contributed by atoms with Crippen LogP contribution in [-0.2, 0) is 14.3 Å². The molecule has 0 spiro atoms. The summed E-state index contributed by atoms with van der Waals surface area (Å²) < 4.78 is 10.2. The van der Waals surface area contributed by atoms with Gasteiger partial charge in [-0.1, -0.05) is 32.1 Å². The van der Waals surface area contributed by atoms with Crippen LogP contribution in [0.15, 0.2) is 24.3 Å². The number of carbonyl (C=O) groups is 2. The Kier molecular flexibility index (Phi) is 7.25. The van der Waals surface area contributed by atoms with E-state index in [0.717, 1.165) is 29.6 Å². The summed E-state index contributed by atoms with van der Waals surface area (Å²) in [6, 6.07) is 7.29. The number of amides is 1. The summed E-state index contributed by atoms with van der Waals surface area (Å²) in [7, 11) is 1.62. The highest BCUT2D eigenvalue weighted by Gasteiger charge is 2.38. The highest BCUT2D eigenvalue weighted by atomic mass is 16.5. The van der Waals surface area contributed by atoms with E-state index in [4.69, 9.17) is 9.47 Å². The van der Waals surface area contributed by atoms with E-state index in [1.807, 2.05) is 18.2 Å². The van der Waals surface area contributed by atoms with Gasteiger partial charge in [-0.25, -0.2) is 4.79 Å². The monoisotopic (exact) mass is 427 g/mol. The number of hydrogen-bond acceptors (Lipinski definition) is 5. The number of nitrogens with one attached hydrogen (secondary N) is 3. The Morgan fingerprint density at radius 2 is 1.94 bits per heavy atom. The van der Waals surface area contributed by atoms with Crippen molar-refractivity contribution in [1.82, 2.24) is 10.3 Å². The Hall–Kier alpha value is -2.38. The van der Waals surface area contributed by atoms with Gasteiger partial charge in [0.2, 0.25) is 5.91 Å². The number of methoxy groups -OCH3 is 1. The number of ether oxygens (including phenoxy) is 2. The van der Waals surface area contributed by atoms with Gasteiger partial charge in [-0.3, -0.25) is 4.79 Å². The van der Waals surface area contributed by atoms with Crippen molar-refractivity contribution in [3.05, 3.63) is 30.0 Å². The SMILES string of the molecule is COCCCOC(=O)c1cc2cc(NC(=O)[C@H]3NCC[C@H]3C3CCCCC3)ccc2[nH]1. The van der Waals surface area contributed by atoms with Crippen LogP contribution in [0, 0.1) is 11.8 Å². The molecule has 1 aromatic heterocycles. The molecule has 168 valence electrons. The van der Waals surface area contributed by atoms with Crippen molar-refractivity contribution in [2.75, 3.05) is 32.2 Å². The Morgan fingerprint density at radius 1 is 1.10 bits per heavy atom. The second-order valence-electron chi connectivity index (χ2n) is 8.74. The first kappa shape index (κ1) is 21.8. The number of hydrogen-bond donors (Lipinski definition) is 3. The van der Waals surface area contributed by atoms with Gasteiger partial charge >= 0.3 is 5.97 Å². The van der Waals surface area contributed by atoms with Crippen LogP contribution in [0.4, 0.5) is 5.69 Å². The van der Waals surface area contributed by atoms with E-state index in [1.165, 1.54) is 32.1 Å². The molecule has 1 saturated carbocycles. The van der Waals surface area contributed by atoms with E-state index in [2.05, 4.69) is 15.6 Å². The molecule has 0 unspecified atom stereocenters. The Balaban J connectivity index is 1.39. The summed E-state index contributed by atoms with van der Waals surface area (Å²) >= 11 is 0. The van der Waals surface area contributed by atoms with Crippen LogP contribution in [0.1, 0.15) is 55.4 Å². The van der Waals surface area contributed by atoms with Crippen molar-refractivity contribution < 1.29 is 19.1 Å². The van der Waals surface area contributed by atoms with Gasteiger partial charge in [-0.2, -0.15) is 0 Å². The normalized spacial score (nSPS) is 22.0. The molecule has 2 atom stereocenters. The second kappa shape index (κ2) is 10.3. The van der Waals surface area contributed by atoms with E-state index >= 15 is 0 Å². The third-order valence-corrected chi connectivity index (χ3v) is 6.64. The van der Waals surface area contributed by atoms with Gasteiger partial charge in [0.15, 0.2) is 0 Å². The van der Waals surface area contributed by atoms with Crippen molar-refractivity contribution in [2.24, 2.45) is 11.8 Å². The molecule has 1 aliphatic carbocycles. The van der Waals surface area contributed by atoms with Crippen molar-refractivity contribution >= 4 is 28.5 Å². The van der Waals surface area contributed by atoms with Crippen LogP contribution in [-0.4, -0.2) is 49.8 Å². The third-order valence-electron chi connectivity index (χ3n) is 6.64. The molecule has 4 rings (SSSR count). The molecule has 31 heavy (non-hydrogen) atoms. The van der Waals surface area contributed by atoms with Gasteiger partial charge in [0, 0.05) is 36.7 Å². The lowest BCUT2D eigenvalue weighted by atomic mass is 9.76. The quantitative estimate of drug-likeness (QED) is 0.439. The smallest absolute Gasteiger partial charge is 0.354 e. The van der Waals surface area contributed by atoms with E-state index in [0.29, 0.717) is 37.2 Å². The molecule has 0 radical (unpaired) electrons. The predicted octanol–water partition coefficient (Wildman–Crippen LogP) is 3.86. The molecule has 2 heterocycles. The fourth-order valence-electron chi connectivity index (χ4n) is 5.07. The standard InChI is InChI=1S/C24H33N3O4/c1-30-12-5-13-31-24(29)21-15-17-14-18(8-9-20(17)27-21)26-23(28)22-19(10-11-25-22)16-6-3-2-4-7-16/h8-9,14-16,19,22,25,27H,2-7,10-13H2,1H3,(H,26,28)/t19-,22-/m0/s1. The molecule has 7 heteroatoms. The zero-order valence-electron chi connectivity index (χ0n) is 18.2. The van der Waals surface area contributed by atoms with Crippen molar-refractivity contribution in [1.29, 1.82) is 0 Å². The number of aromatic amines is 1. The maximum absolute atomic E-state index is 13.0. The molecule has 0 bridgehead atoms. The lowest BCUT2D eigenvalue weighted by molar-refractivity contribution is -0.119. The minimum absolute atomic E-state index is 0.0423. The average molecular weight is 428 g/mol. The van der Waals surface area contributed by atoms with Crippen LogP contribution in [0.5, 0.6) is 0 Å². The number of H-pyrrole nitrogens is 1. The molecule has 7 nitrogen and oxygen atoms in total. The number of anilines is 1. The maximum atomic E-state index is 13.0. The fourth-order valence-corrected chi connectivity index (χ4v) is 5.07. The summed E-state index contributed by atoms with van der Waals surface area (Å²) in [6.45, 7) is 1.78. The third kappa shape index (κ3) is 5.28. The minimum atomic E-state index is -0.386. The van der Waals surface area contributed by atoms with Crippen LogP contribution in [0.25, 0.3) is 10.9 Å². The highest BCUT2D eigenvalue weighted by Crippen LogP contribution is 2.36. The highest BCUT2D eigenvalue weighted by molar-refractivity contribution is 5.99. The van der Waals surface area contributed by atoms with Crippen LogP contribution < -0.4 is 10.6 Å². The molecule has 2 aromatic rings. The first-order valence-electron chi connectivity index (χ1n) is 11.5. The van der Waals surface area contributed by atoms with Crippen LogP contribution in [0.2, 0.25) is 0 Å². The Bertz CT molecular complexity index is 903. The summed E-state index contributed by atoms with van der Waals surface area (Å²) in [5, 5.41) is 7.37. The first-order valence-corrected chi connectivity index (χ1v) is 11.5. The fraction of sp³-hybridized carbons (Fsp3) is 0.583. The van der Waals surface area contributed by atoms with Crippen LogP contribution >= 0.6 is 0 Å². The summed E-state index contributed by atoms with van der Waals surface area (Å²) in [5.74, 6) is 0.740. The summed E-state index contributed by atoms with van der Waals surface area (Å²) in [6.07, 6.45) is 8.14. The number of carbonyl (C=O) groups excluding carboxylic acids is 2. The minimum Gasteiger partial charge on any atom is -0.461 e. The Morgan fingerprint density at radius 3 is 2.74 bits per heavy atom. The number of benzene rings is 1. The van der Waals surface area contributed by atoms with Crippen molar-refractivity contribution in [3.8, 4) is 0 Å². The zero-order valence-corrected chi connectivity index (χ0v) is 18.2. The van der Waals surface area contributed by atoms with Crippen LogP contribution in [0.3, 0.4) is 0 Å². The molecule has 2 fully saturated rings. The average Bonchev–Trinajstić information content (AvgIpc) is 3.44. The van der Waals surface area contributed by atoms with Gasteiger partial charge in [0.25, 0.3) is 0 Å². The molecular weight excluding hydrogens is 394 g/mol. The lowest BCUT2D eigenvalue weighted by Crippen LogP contribution is -2.42. The molecule has 1 amide bonds. The molecule has 1 aliphatic heterocycles. The first-order chi connectivity index (χ1) is 15.2. The number of fused-ring (bicyclic) bond motifs is 1. The van der Waals surface area contributed by atoms with Gasteiger partial charge < -0.3 is 25.1 Å². The van der Waals surface area contributed by atoms with E-state index in [1.54, 1.807) is 13.2 Å². The van der Waals surface area contributed by atoms with Crippen molar-refractivity contribution in [2.45, 2.75) is 51.0 Å². The van der Waals surface area contributed by atoms with E-state index < -0.39 is 0 Å². The summed E-state index contributed by atoms with van der Waals surface area (Å²) in [5.41, 5.74) is 1.99. The largest absolute Gasteiger partial charge is 0.461 e.